The van der Waals surface area contributed by atoms with Gasteiger partial charge in [0.05, 0.1) is 7.11 Å². The van der Waals surface area contributed by atoms with Crippen LogP contribution in [-0.2, 0) is 6.42 Å². The second kappa shape index (κ2) is 5.51. The number of nitrogens with two attached hydrogens (primary N) is 1. The molecule has 0 aliphatic heterocycles. The van der Waals surface area contributed by atoms with E-state index in [1.807, 2.05) is 38.4 Å². The minimum absolute atomic E-state index is 0.233. The zero-order valence-corrected chi connectivity index (χ0v) is 11.3. The fourth-order valence-corrected chi connectivity index (χ4v) is 1.67. The molecule has 0 spiro atoms. The van der Waals surface area contributed by atoms with Crippen molar-refractivity contribution < 1.29 is 4.74 Å². The summed E-state index contributed by atoms with van der Waals surface area (Å²) in [5.74, 6) is 2.25. The number of nitrogen functional groups attached to an aromatic ring is 1. The fraction of sp³-hybridized carbons (Fsp3) is 0.308. The summed E-state index contributed by atoms with van der Waals surface area (Å²) in [7, 11) is 5.37. The molecular formula is C13H17N5O. The normalized spacial score (nSPS) is 10.3. The highest BCUT2D eigenvalue weighted by Gasteiger charge is 2.07. The maximum atomic E-state index is 5.69. The number of aromatic nitrogens is 3. The van der Waals surface area contributed by atoms with E-state index in [0.29, 0.717) is 18.2 Å². The first-order chi connectivity index (χ1) is 9.08. The van der Waals surface area contributed by atoms with Gasteiger partial charge >= 0.3 is 0 Å². The summed E-state index contributed by atoms with van der Waals surface area (Å²) in [4.78, 5) is 14.4. The number of ether oxygens (including phenoxy) is 1. The lowest BCUT2D eigenvalue weighted by atomic mass is 10.1. The molecule has 2 aromatic rings. The Kier molecular flexibility index (Phi) is 3.79. The van der Waals surface area contributed by atoms with E-state index in [2.05, 4.69) is 15.0 Å². The molecule has 0 unspecified atom stereocenters. The second-order valence-electron chi connectivity index (χ2n) is 4.33. The van der Waals surface area contributed by atoms with Gasteiger partial charge in [-0.25, -0.2) is 0 Å². The number of hydrogen-bond donors (Lipinski definition) is 1. The van der Waals surface area contributed by atoms with E-state index in [9.17, 15) is 0 Å². The fourth-order valence-electron chi connectivity index (χ4n) is 1.67. The van der Waals surface area contributed by atoms with E-state index in [-0.39, 0.29) is 5.95 Å². The third-order valence-electron chi connectivity index (χ3n) is 2.58. The lowest BCUT2D eigenvalue weighted by Gasteiger charge is -2.11. The molecule has 1 aromatic heterocycles. The number of hydrogen-bond acceptors (Lipinski definition) is 6. The summed E-state index contributed by atoms with van der Waals surface area (Å²) >= 11 is 0. The van der Waals surface area contributed by atoms with Crippen molar-refractivity contribution in [3.63, 3.8) is 0 Å². The molecule has 0 bridgehead atoms. The van der Waals surface area contributed by atoms with Crippen molar-refractivity contribution in [2.75, 3.05) is 31.8 Å². The molecule has 0 aliphatic rings. The summed E-state index contributed by atoms with van der Waals surface area (Å²) in [6.45, 7) is 0. The summed E-state index contributed by atoms with van der Waals surface area (Å²) in [5.41, 5.74) is 6.76. The number of rotatable bonds is 4. The predicted octanol–water partition coefficient (Wildman–Crippen LogP) is 1.12. The van der Waals surface area contributed by atoms with Crippen molar-refractivity contribution in [3.05, 3.63) is 35.7 Å². The molecule has 6 heteroatoms. The van der Waals surface area contributed by atoms with Gasteiger partial charge < -0.3 is 15.4 Å². The molecule has 6 nitrogen and oxygen atoms in total. The van der Waals surface area contributed by atoms with Crippen LogP contribution in [-0.4, -0.2) is 36.2 Å². The molecule has 1 heterocycles. The molecule has 0 fully saturated rings. The molecular weight excluding hydrogens is 242 g/mol. The van der Waals surface area contributed by atoms with Crippen LogP contribution < -0.4 is 15.4 Å². The smallest absolute Gasteiger partial charge is 0.229 e. The quantitative estimate of drug-likeness (QED) is 0.886. The Labute approximate surface area is 112 Å². The van der Waals surface area contributed by atoms with Crippen molar-refractivity contribution in [1.29, 1.82) is 0 Å². The minimum Gasteiger partial charge on any atom is -0.497 e. The van der Waals surface area contributed by atoms with E-state index in [0.717, 1.165) is 11.3 Å². The molecule has 0 radical (unpaired) electrons. The third-order valence-corrected chi connectivity index (χ3v) is 2.58. The van der Waals surface area contributed by atoms with E-state index >= 15 is 0 Å². The van der Waals surface area contributed by atoms with E-state index in [1.54, 1.807) is 12.0 Å². The van der Waals surface area contributed by atoms with Crippen LogP contribution in [0.1, 0.15) is 11.4 Å². The number of benzene rings is 1. The third kappa shape index (κ3) is 3.31. The molecule has 0 saturated carbocycles. The van der Waals surface area contributed by atoms with Crippen LogP contribution in [0.5, 0.6) is 5.75 Å². The highest BCUT2D eigenvalue weighted by molar-refractivity contribution is 5.35. The van der Waals surface area contributed by atoms with Gasteiger partial charge in [-0.05, 0) is 17.7 Å². The number of methoxy groups -OCH3 is 1. The Bertz CT molecular complexity index is 571. The zero-order chi connectivity index (χ0) is 13.8. The maximum Gasteiger partial charge on any atom is 0.229 e. The maximum absolute atomic E-state index is 5.69. The van der Waals surface area contributed by atoms with Gasteiger partial charge in [0.2, 0.25) is 11.9 Å². The highest BCUT2D eigenvalue weighted by atomic mass is 16.5. The number of nitrogens with zero attached hydrogens (tertiary/aromatic N) is 4. The average Bonchev–Trinajstić information content (AvgIpc) is 2.38. The van der Waals surface area contributed by atoms with E-state index < -0.39 is 0 Å². The summed E-state index contributed by atoms with van der Waals surface area (Å²) in [6.07, 6.45) is 0.588. The van der Waals surface area contributed by atoms with Crippen LogP contribution in [0, 0.1) is 0 Å². The lowest BCUT2D eigenvalue weighted by Crippen LogP contribution is -2.16. The Balaban J connectivity index is 2.27. The average molecular weight is 259 g/mol. The lowest BCUT2D eigenvalue weighted by molar-refractivity contribution is 0.414. The topological polar surface area (TPSA) is 77.2 Å². The standard InChI is InChI=1S/C13H17N5O/c1-18(2)13-16-11(15-12(14)17-13)8-9-5-4-6-10(7-9)19-3/h4-7H,8H2,1-3H3,(H2,14,15,16,17). The molecule has 100 valence electrons. The molecule has 2 N–H and O–H groups in total. The first-order valence-electron chi connectivity index (χ1n) is 5.89. The number of anilines is 2. The van der Waals surface area contributed by atoms with Gasteiger partial charge in [-0.3, -0.25) is 0 Å². The van der Waals surface area contributed by atoms with Gasteiger partial charge in [-0.1, -0.05) is 12.1 Å². The Hall–Kier alpha value is -2.37. The van der Waals surface area contributed by atoms with Crippen molar-refractivity contribution in [1.82, 2.24) is 15.0 Å². The summed E-state index contributed by atoms with van der Waals surface area (Å²) in [6, 6.07) is 7.79. The largest absolute Gasteiger partial charge is 0.497 e. The van der Waals surface area contributed by atoms with Gasteiger partial charge in [0, 0.05) is 20.5 Å². The van der Waals surface area contributed by atoms with Crippen molar-refractivity contribution in [2.24, 2.45) is 0 Å². The van der Waals surface area contributed by atoms with Gasteiger partial charge in [0.25, 0.3) is 0 Å². The SMILES string of the molecule is COc1cccc(Cc2nc(N)nc(N(C)C)n2)c1. The van der Waals surface area contributed by atoms with Crippen molar-refractivity contribution in [2.45, 2.75) is 6.42 Å². The van der Waals surface area contributed by atoms with E-state index in [4.69, 9.17) is 10.5 Å². The van der Waals surface area contributed by atoms with Crippen LogP contribution in [0.4, 0.5) is 11.9 Å². The first-order valence-corrected chi connectivity index (χ1v) is 5.89. The molecule has 0 saturated heterocycles. The monoisotopic (exact) mass is 259 g/mol. The second-order valence-corrected chi connectivity index (χ2v) is 4.33. The Morgan fingerprint density at radius 3 is 2.68 bits per heavy atom. The Morgan fingerprint density at radius 1 is 1.21 bits per heavy atom. The molecule has 2 rings (SSSR count). The molecule has 1 aromatic carbocycles. The molecule has 0 amide bonds. The Morgan fingerprint density at radius 2 is 2.00 bits per heavy atom. The van der Waals surface area contributed by atoms with Crippen LogP contribution in [0.25, 0.3) is 0 Å². The van der Waals surface area contributed by atoms with Crippen molar-refractivity contribution >= 4 is 11.9 Å². The zero-order valence-electron chi connectivity index (χ0n) is 11.3. The first kappa shape index (κ1) is 13.1. The van der Waals surface area contributed by atoms with Crippen LogP contribution in [0.15, 0.2) is 24.3 Å². The van der Waals surface area contributed by atoms with Gasteiger partial charge in [-0.15, -0.1) is 0 Å². The van der Waals surface area contributed by atoms with Crippen LogP contribution in [0.3, 0.4) is 0 Å². The van der Waals surface area contributed by atoms with Gasteiger partial charge in [0.15, 0.2) is 0 Å². The predicted molar refractivity (Wildman–Crippen MR) is 74.4 cm³/mol. The minimum atomic E-state index is 0.233. The van der Waals surface area contributed by atoms with E-state index in [1.165, 1.54) is 0 Å². The van der Waals surface area contributed by atoms with Gasteiger partial charge in [0.1, 0.15) is 11.6 Å². The molecule has 0 aliphatic carbocycles. The van der Waals surface area contributed by atoms with Crippen LogP contribution >= 0.6 is 0 Å². The molecule has 0 atom stereocenters. The molecule has 19 heavy (non-hydrogen) atoms. The van der Waals surface area contributed by atoms with Crippen molar-refractivity contribution in [3.8, 4) is 5.75 Å². The highest BCUT2D eigenvalue weighted by Crippen LogP contribution is 2.15. The van der Waals surface area contributed by atoms with Crippen LogP contribution in [0.2, 0.25) is 0 Å². The summed E-state index contributed by atoms with van der Waals surface area (Å²) < 4.78 is 5.19. The summed E-state index contributed by atoms with van der Waals surface area (Å²) in [5, 5.41) is 0. The van der Waals surface area contributed by atoms with Gasteiger partial charge in [-0.2, -0.15) is 15.0 Å².